The molecule has 0 saturated heterocycles. The van der Waals surface area contributed by atoms with Crippen LogP contribution >= 0.6 is 27.3 Å². The van der Waals surface area contributed by atoms with Crippen molar-refractivity contribution in [2.75, 3.05) is 11.9 Å². The van der Waals surface area contributed by atoms with Crippen LogP contribution in [0.2, 0.25) is 0 Å². The molecule has 0 N–H and O–H groups in total. The number of anilines is 1. The predicted octanol–water partition coefficient (Wildman–Crippen LogP) is 4.99. The SMILES string of the molecule is CN(C(=O)c1ccc2c(c1)C(=O)CC(C)(C)O2)c1nnc(-c2ccc(Br)cc2)s1. The second-order valence-corrected chi connectivity index (χ2v) is 9.31. The maximum absolute atomic E-state index is 13.0. The molecule has 1 aromatic heterocycles. The molecule has 0 bridgehead atoms. The highest BCUT2D eigenvalue weighted by atomic mass is 79.9. The highest BCUT2D eigenvalue weighted by molar-refractivity contribution is 9.10. The minimum atomic E-state index is -0.539. The Kier molecular flexibility index (Phi) is 5.00. The quantitative estimate of drug-likeness (QED) is 0.537. The molecule has 0 spiro atoms. The fraction of sp³-hybridized carbons (Fsp3) is 0.238. The number of carbonyl (C=O) groups excluding carboxylic acids is 2. The largest absolute Gasteiger partial charge is 0.487 e. The number of ether oxygens (including phenoxy) is 1. The average molecular weight is 472 g/mol. The number of hydrogen-bond donors (Lipinski definition) is 0. The number of hydrogen-bond acceptors (Lipinski definition) is 6. The topological polar surface area (TPSA) is 72.4 Å². The number of rotatable bonds is 3. The van der Waals surface area contributed by atoms with E-state index in [0.29, 0.717) is 22.0 Å². The summed E-state index contributed by atoms with van der Waals surface area (Å²) >= 11 is 4.74. The zero-order chi connectivity index (χ0) is 20.8. The number of nitrogens with zero attached hydrogens (tertiary/aromatic N) is 3. The Morgan fingerprint density at radius 1 is 1.17 bits per heavy atom. The molecule has 0 saturated carbocycles. The molecule has 1 aliphatic heterocycles. The molecule has 29 heavy (non-hydrogen) atoms. The van der Waals surface area contributed by atoms with Crippen molar-refractivity contribution in [1.82, 2.24) is 10.2 Å². The van der Waals surface area contributed by atoms with Gasteiger partial charge in [0, 0.05) is 22.6 Å². The third-order valence-electron chi connectivity index (χ3n) is 4.60. The summed E-state index contributed by atoms with van der Waals surface area (Å²) in [6.07, 6.45) is 0.278. The second kappa shape index (κ2) is 7.35. The molecular weight excluding hydrogens is 454 g/mol. The Morgan fingerprint density at radius 2 is 1.90 bits per heavy atom. The second-order valence-electron chi connectivity index (χ2n) is 7.43. The first-order valence-corrected chi connectivity index (χ1v) is 10.6. The standard InChI is InChI=1S/C21H18BrN3O3S/c1-21(2)11-16(26)15-10-13(6-9-17(15)28-21)19(27)25(3)20-24-23-18(29-20)12-4-7-14(22)8-5-12/h4-10H,11H2,1-3H3. The van der Waals surface area contributed by atoms with E-state index in [4.69, 9.17) is 4.74 Å². The van der Waals surface area contributed by atoms with Gasteiger partial charge in [-0.2, -0.15) is 0 Å². The summed E-state index contributed by atoms with van der Waals surface area (Å²) in [4.78, 5) is 26.9. The number of ketones is 1. The summed E-state index contributed by atoms with van der Waals surface area (Å²) in [6.45, 7) is 3.75. The monoisotopic (exact) mass is 471 g/mol. The summed E-state index contributed by atoms with van der Waals surface area (Å²) < 4.78 is 6.84. The summed E-state index contributed by atoms with van der Waals surface area (Å²) in [5.74, 6) is 0.227. The third-order valence-corrected chi connectivity index (χ3v) is 6.17. The Balaban J connectivity index is 1.58. The maximum atomic E-state index is 13.0. The highest BCUT2D eigenvalue weighted by Crippen LogP contribution is 2.34. The van der Waals surface area contributed by atoms with Gasteiger partial charge < -0.3 is 4.74 Å². The molecule has 0 unspecified atom stereocenters. The molecule has 148 valence electrons. The molecule has 2 aromatic carbocycles. The van der Waals surface area contributed by atoms with Gasteiger partial charge in [-0.1, -0.05) is 39.4 Å². The van der Waals surface area contributed by atoms with Crippen molar-refractivity contribution in [2.45, 2.75) is 25.9 Å². The lowest BCUT2D eigenvalue weighted by molar-refractivity contribution is 0.0620. The molecule has 6 nitrogen and oxygen atoms in total. The van der Waals surface area contributed by atoms with Gasteiger partial charge in [-0.05, 0) is 44.2 Å². The Hall–Kier alpha value is -2.58. The molecule has 8 heteroatoms. The minimum Gasteiger partial charge on any atom is -0.487 e. The van der Waals surface area contributed by atoms with Gasteiger partial charge in [-0.25, -0.2) is 0 Å². The Bertz CT molecular complexity index is 1110. The number of aromatic nitrogens is 2. The van der Waals surface area contributed by atoms with Crippen LogP contribution in [0.15, 0.2) is 46.9 Å². The fourth-order valence-corrected chi connectivity index (χ4v) is 4.20. The fourth-order valence-electron chi connectivity index (χ4n) is 3.13. The summed E-state index contributed by atoms with van der Waals surface area (Å²) in [6, 6.07) is 12.7. The van der Waals surface area contributed by atoms with E-state index in [1.54, 1.807) is 25.2 Å². The van der Waals surface area contributed by atoms with E-state index in [2.05, 4.69) is 26.1 Å². The summed E-state index contributed by atoms with van der Waals surface area (Å²) in [5.41, 5.74) is 1.24. The van der Waals surface area contributed by atoms with Crippen LogP contribution in [0.25, 0.3) is 10.6 Å². The molecule has 0 fully saturated rings. The van der Waals surface area contributed by atoms with Crippen LogP contribution in [-0.4, -0.2) is 34.5 Å². The van der Waals surface area contributed by atoms with Crippen molar-refractivity contribution >= 4 is 44.1 Å². The molecule has 0 aliphatic carbocycles. The number of halogens is 1. The first kappa shape index (κ1) is 19.7. The van der Waals surface area contributed by atoms with E-state index in [0.717, 1.165) is 15.0 Å². The smallest absolute Gasteiger partial charge is 0.259 e. The molecular formula is C21H18BrN3O3S. The lowest BCUT2D eigenvalue weighted by atomic mass is 9.92. The zero-order valence-electron chi connectivity index (χ0n) is 16.1. The first-order chi connectivity index (χ1) is 13.7. The Labute approximate surface area is 180 Å². The molecule has 1 aliphatic rings. The van der Waals surface area contributed by atoms with Crippen LogP contribution in [0.5, 0.6) is 5.75 Å². The summed E-state index contributed by atoms with van der Waals surface area (Å²) in [5, 5.41) is 9.56. The number of Topliss-reactive ketones (excluding diaryl/α,β-unsaturated/α-hetero) is 1. The van der Waals surface area contributed by atoms with Gasteiger partial charge in [0.2, 0.25) is 5.13 Å². The van der Waals surface area contributed by atoms with Crippen LogP contribution < -0.4 is 9.64 Å². The van der Waals surface area contributed by atoms with E-state index < -0.39 is 5.60 Å². The predicted molar refractivity (Wildman–Crippen MR) is 116 cm³/mol. The van der Waals surface area contributed by atoms with Gasteiger partial charge >= 0.3 is 0 Å². The zero-order valence-corrected chi connectivity index (χ0v) is 18.5. The van der Waals surface area contributed by atoms with E-state index >= 15 is 0 Å². The lowest BCUT2D eigenvalue weighted by Crippen LogP contribution is -2.36. The molecule has 0 radical (unpaired) electrons. The first-order valence-electron chi connectivity index (χ1n) is 8.97. The van der Waals surface area contributed by atoms with E-state index in [1.165, 1.54) is 16.2 Å². The van der Waals surface area contributed by atoms with Gasteiger partial charge in [-0.3, -0.25) is 14.5 Å². The maximum Gasteiger partial charge on any atom is 0.259 e. The van der Waals surface area contributed by atoms with Crippen molar-refractivity contribution in [1.29, 1.82) is 0 Å². The van der Waals surface area contributed by atoms with Gasteiger partial charge in [0.1, 0.15) is 16.4 Å². The number of benzene rings is 2. The van der Waals surface area contributed by atoms with Gasteiger partial charge in [0.15, 0.2) is 5.78 Å². The third kappa shape index (κ3) is 3.95. The number of carbonyl (C=O) groups is 2. The van der Waals surface area contributed by atoms with Crippen LogP contribution in [0.3, 0.4) is 0 Å². The summed E-state index contributed by atoms with van der Waals surface area (Å²) in [7, 11) is 1.65. The van der Waals surface area contributed by atoms with Crippen molar-refractivity contribution < 1.29 is 14.3 Å². The van der Waals surface area contributed by atoms with Gasteiger partial charge in [-0.15, -0.1) is 10.2 Å². The highest BCUT2D eigenvalue weighted by Gasteiger charge is 2.33. The van der Waals surface area contributed by atoms with Crippen molar-refractivity contribution in [3.8, 4) is 16.3 Å². The molecule has 2 heterocycles. The van der Waals surface area contributed by atoms with Crippen LogP contribution in [-0.2, 0) is 0 Å². The van der Waals surface area contributed by atoms with Crippen LogP contribution in [0, 0.1) is 0 Å². The lowest BCUT2D eigenvalue weighted by Gasteiger charge is -2.31. The van der Waals surface area contributed by atoms with E-state index in [9.17, 15) is 9.59 Å². The van der Waals surface area contributed by atoms with Crippen LogP contribution in [0.4, 0.5) is 5.13 Å². The average Bonchev–Trinajstić information content (AvgIpc) is 3.16. The van der Waals surface area contributed by atoms with Crippen molar-refractivity contribution in [3.05, 3.63) is 58.1 Å². The molecule has 1 amide bonds. The number of amides is 1. The molecule has 0 atom stereocenters. The normalized spacial score (nSPS) is 14.8. The van der Waals surface area contributed by atoms with E-state index in [-0.39, 0.29) is 18.1 Å². The van der Waals surface area contributed by atoms with Crippen LogP contribution in [0.1, 0.15) is 41.0 Å². The Morgan fingerprint density at radius 3 is 2.62 bits per heavy atom. The van der Waals surface area contributed by atoms with Crippen molar-refractivity contribution in [2.24, 2.45) is 0 Å². The van der Waals surface area contributed by atoms with E-state index in [1.807, 2.05) is 38.1 Å². The molecule has 4 rings (SSSR count). The van der Waals surface area contributed by atoms with Crippen molar-refractivity contribution in [3.63, 3.8) is 0 Å². The molecule has 3 aromatic rings. The van der Waals surface area contributed by atoms with Gasteiger partial charge in [0.05, 0.1) is 12.0 Å². The van der Waals surface area contributed by atoms with Gasteiger partial charge in [0.25, 0.3) is 5.91 Å². The minimum absolute atomic E-state index is 0.0259. The number of fused-ring (bicyclic) bond motifs is 1.